The molecule has 1 aliphatic heterocycles. The van der Waals surface area contributed by atoms with Crippen LogP contribution in [0.1, 0.15) is 12.5 Å². The Labute approximate surface area is 125 Å². The Hall–Kier alpha value is -2.28. The van der Waals surface area contributed by atoms with Crippen molar-refractivity contribution in [2.75, 3.05) is 12.4 Å². The summed E-state index contributed by atoms with van der Waals surface area (Å²) in [6.07, 6.45) is 1.25. The third kappa shape index (κ3) is 3.85. The fourth-order valence-corrected chi connectivity index (χ4v) is 2.34. The Bertz CT molecular complexity index is 624. The van der Waals surface area contributed by atoms with Crippen LogP contribution in [-0.2, 0) is 19.1 Å². The molecule has 6 nitrogen and oxygen atoms in total. The molecule has 7 heteroatoms. The fraction of sp³-hybridized carbons (Fsp3) is 0.214. The molecule has 0 bridgehead atoms. The van der Waals surface area contributed by atoms with Crippen LogP contribution in [0.5, 0.6) is 0 Å². The van der Waals surface area contributed by atoms with Gasteiger partial charge in [0.2, 0.25) is 5.90 Å². The Kier molecular flexibility index (Phi) is 4.99. The number of hydrogen-bond donors (Lipinski definition) is 1. The number of nitrogens with zero attached hydrogens (tertiary/aromatic N) is 1. The molecule has 1 aliphatic rings. The van der Waals surface area contributed by atoms with Gasteiger partial charge >= 0.3 is 11.9 Å². The van der Waals surface area contributed by atoms with Crippen molar-refractivity contribution >= 4 is 29.6 Å². The van der Waals surface area contributed by atoms with Gasteiger partial charge in [-0.05, 0) is 19.1 Å². The number of aliphatic carboxylic acids is 1. The van der Waals surface area contributed by atoms with Crippen LogP contribution in [0.15, 0.2) is 46.1 Å². The van der Waals surface area contributed by atoms with Gasteiger partial charge in [-0.2, -0.15) is 0 Å². The van der Waals surface area contributed by atoms with Gasteiger partial charge in [0.15, 0.2) is 5.70 Å². The summed E-state index contributed by atoms with van der Waals surface area (Å²) in [7, 11) is 0. The van der Waals surface area contributed by atoms with Crippen molar-refractivity contribution in [2.45, 2.75) is 11.8 Å². The number of aliphatic imine (C=N–C) groups is 1. The van der Waals surface area contributed by atoms with Gasteiger partial charge in [-0.15, -0.1) is 11.8 Å². The SMILES string of the molecule is CCO/C=C1/N=C(c2ccccc2SCC(=O)O)OC1=O. The fourth-order valence-electron chi connectivity index (χ4n) is 1.58. The number of esters is 1. The van der Waals surface area contributed by atoms with Crippen molar-refractivity contribution in [1.29, 1.82) is 0 Å². The number of carboxylic acid groups (broad SMARTS) is 1. The maximum atomic E-state index is 11.7. The smallest absolute Gasteiger partial charge is 0.367 e. The van der Waals surface area contributed by atoms with Crippen LogP contribution < -0.4 is 0 Å². The normalized spacial score (nSPS) is 15.8. The highest BCUT2D eigenvalue weighted by atomic mass is 32.2. The van der Waals surface area contributed by atoms with Crippen molar-refractivity contribution in [3.8, 4) is 0 Å². The van der Waals surface area contributed by atoms with Crippen LogP contribution in [0.3, 0.4) is 0 Å². The van der Waals surface area contributed by atoms with E-state index in [9.17, 15) is 9.59 Å². The summed E-state index contributed by atoms with van der Waals surface area (Å²) in [6.45, 7) is 2.21. The van der Waals surface area contributed by atoms with Crippen molar-refractivity contribution < 1.29 is 24.2 Å². The first-order valence-electron chi connectivity index (χ1n) is 6.18. The lowest BCUT2D eigenvalue weighted by molar-refractivity contribution is -0.134. The monoisotopic (exact) mass is 307 g/mol. The molecule has 1 heterocycles. The van der Waals surface area contributed by atoms with Gasteiger partial charge in [0.1, 0.15) is 6.26 Å². The van der Waals surface area contributed by atoms with E-state index in [1.807, 2.05) is 0 Å². The van der Waals surface area contributed by atoms with Gasteiger partial charge in [0.25, 0.3) is 0 Å². The van der Waals surface area contributed by atoms with Gasteiger partial charge in [0.05, 0.1) is 17.9 Å². The Balaban J connectivity index is 2.26. The maximum absolute atomic E-state index is 11.7. The second-order valence-electron chi connectivity index (χ2n) is 3.94. The molecule has 110 valence electrons. The molecule has 0 aromatic heterocycles. The summed E-state index contributed by atoms with van der Waals surface area (Å²) in [5.41, 5.74) is 0.668. The van der Waals surface area contributed by atoms with Crippen LogP contribution in [0.25, 0.3) is 0 Å². The third-order valence-electron chi connectivity index (χ3n) is 2.45. The van der Waals surface area contributed by atoms with Crippen LogP contribution in [0.4, 0.5) is 0 Å². The minimum Gasteiger partial charge on any atom is -0.499 e. The zero-order valence-corrected chi connectivity index (χ0v) is 12.1. The number of carbonyl (C=O) groups is 2. The molecule has 0 fully saturated rings. The molecule has 1 N–H and O–H groups in total. The molecule has 0 spiro atoms. The van der Waals surface area contributed by atoms with E-state index >= 15 is 0 Å². The number of rotatable bonds is 6. The summed E-state index contributed by atoms with van der Waals surface area (Å²) in [4.78, 5) is 27.1. The Morgan fingerprint density at radius 3 is 2.95 bits per heavy atom. The van der Waals surface area contributed by atoms with E-state index in [0.717, 1.165) is 11.8 Å². The standard InChI is InChI=1S/C14H13NO5S/c1-2-19-7-10-14(18)20-13(15-10)9-5-3-4-6-11(9)21-8-12(16)17/h3-7H,2,8H2,1H3,(H,16,17)/b10-7+. The molecule has 0 atom stereocenters. The number of cyclic esters (lactones) is 1. The number of benzene rings is 1. The number of ether oxygens (including phenoxy) is 2. The topological polar surface area (TPSA) is 85.2 Å². The third-order valence-corrected chi connectivity index (χ3v) is 3.51. The first-order valence-corrected chi connectivity index (χ1v) is 7.17. The number of carboxylic acids is 1. The quantitative estimate of drug-likeness (QED) is 0.375. The van der Waals surface area contributed by atoms with Gasteiger partial charge in [0, 0.05) is 4.90 Å². The molecule has 0 radical (unpaired) electrons. The van der Waals surface area contributed by atoms with Gasteiger partial charge in [-0.25, -0.2) is 9.79 Å². The highest BCUT2D eigenvalue weighted by Gasteiger charge is 2.26. The molecule has 0 saturated heterocycles. The average molecular weight is 307 g/mol. The van der Waals surface area contributed by atoms with E-state index < -0.39 is 11.9 Å². The molecule has 1 aromatic rings. The van der Waals surface area contributed by atoms with Gasteiger partial charge < -0.3 is 14.6 Å². The summed E-state index contributed by atoms with van der Waals surface area (Å²) in [6, 6.07) is 7.02. The van der Waals surface area contributed by atoms with Gasteiger partial charge in [-0.3, -0.25) is 4.79 Å². The lowest BCUT2D eigenvalue weighted by atomic mass is 10.2. The molecular weight excluding hydrogens is 294 g/mol. The maximum Gasteiger partial charge on any atom is 0.367 e. The molecule has 0 aliphatic carbocycles. The average Bonchev–Trinajstić information content (AvgIpc) is 2.84. The molecule has 21 heavy (non-hydrogen) atoms. The van der Waals surface area contributed by atoms with Crippen molar-refractivity contribution in [1.82, 2.24) is 0 Å². The largest absolute Gasteiger partial charge is 0.499 e. The minimum absolute atomic E-state index is 0.0835. The van der Waals surface area contributed by atoms with Crippen LogP contribution in [0.2, 0.25) is 0 Å². The zero-order valence-electron chi connectivity index (χ0n) is 11.2. The Morgan fingerprint density at radius 2 is 2.24 bits per heavy atom. The molecule has 0 amide bonds. The number of carbonyl (C=O) groups excluding carboxylic acids is 1. The van der Waals surface area contributed by atoms with Gasteiger partial charge in [-0.1, -0.05) is 12.1 Å². The second-order valence-corrected chi connectivity index (χ2v) is 4.96. The van der Waals surface area contributed by atoms with E-state index in [1.54, 1.807) is 31.2 Å². The van der Waals surface area contributed by atoms with E-state index in [4.69, 9.17) is 14.6 Å². The molecule has 2 rings (SSSR count). The molecule has 0 saturated carbocycles. The summed E-state index contributed by atoms with van der Waals surface area (Å²) in [5.74, 6) is -1.44. The number of hydrogen-bond acceptors (Lipinski definition) is 6. The van der Waals surface area contributed by atoms with E-state index in [2.05, 4.69) is 4.99 Å². The van der Waals surface area contributed by atoms with E-state index in [0.29, 0.717) is 17.1 Å². The lowest BCUT2D eigenvalue weighted by Gasteiger charge is -2.06. The van der Waals surface area contributed by atoms with Crippen molar-refractivity contribution in [3.63, 3.8) is 0 Å². The first-order chi connectivity index (χ1) is 10.1. The van der Waals surface area contributed by atoms with Crippen LogP contribution in [-0.4, -0.2) is 35.3 Å². The van der Waals surface area contributed by atoms with Crippen molar-refractivity contribution in [2.24, 2.45) is 4.99 Å². The lowest BCUT2D eigenvalue weighted by Crippen LogP contribution is -2.07. The second kappa shape index (κ2) is 6.94. The van der Waals surface area contributed by atoms with Crippen LogP contribution in [0, 0.1) is 0 Å². The van der Waals surface area contributed by atoms with E-state index in [-0.39, 0.29) is 17.3 Å². The molecule has 1 aromatic carbocycles. The zero-order chi connectivity index (χ0) is 15.2. The first kappa shape index (κ1) is 15.1. The highest BCUT2D eigenvalue weighted by molar-refractivity contribution is 8.00. The predicted molar refractivity (Wildman–Crippen MR) is 77.1 cm³/mol. The summed E-state index contributed by atoms with van der Waals surface area (Å²) < 4.78 is 10.1. The summed E-state index contributed by atoms with van der Waals surface area (Å²) in [5, 5.41) is 8.75. The Morgan fingerprint density at radius 1 is 1.48 bits per heavy atom. The highest BCUT2D eigenvalue weighted by Crippen LogP contribution is 2.26. The molecule has 0 unspecified atom stereocenters. The summed E-state index contributed by atoms with van der Waals surface area (Å²) >= 11 is 1.14. The minimum atomic E-state index is -0.919. The van der Waals surface area contributed by atoms with Crippen LogP contribution >= 0.6 is 11.8 Å². The molecular formula is C14H13NO5S. The number of thioether (sulfide) groups is 1. The van der Waals surface area contributed by atoms with Crippen molar-refractivity contribution in [3.05, 3.63) is 41.8 Å². The van der Waals surface area contributed by atoms with E-state index in [1.165, 1.54) is 6.26 Å². The predicted octanol–water partition coefficient (Wildman–Crippen LogP) is 2.04.